The van der Waals surface area contributed by atoms with Gasteiger partial charge in [-0.1, -0.05) is 0 Å². The molecule has 0 saturated heterocycles. The molecule has 2 aromatic heterocycles. The number of ether oxygens (including phenoxy) is 2. The number of nitrogens with one attached hydrogen (secondary N) is 1. The predicted octanol–water partition coefficient (Wildman–Crippen LogP) is 5.59. The molecule has 0 spiro atoms. The number of nitro groups is 1. The summed E-state index contributed by atoms with van der Waals surface area (Å²) in [4.78, 5) is 27.9. The number of halogens is 3. The molecule has 2 heterocycles. The van der Waals surface area contributed by atoms with E-state index in [0.717, 1.165) is 31.0 Å². The van der Waals surface area contributed by atoms with Crippen LogP contribution in [0.25, 0.3) is 5.65 Å². The Morgan fingerprint density at radius 3 is 2.41 bits per heavy atom. The Morgan fingerprint density at radius 1 is 1.08 bits per heavy atom. The van der Waals surface area contributed by atoms with Crippen molar-refractivity contribution in [2.24, 2.45) is 0 Å². The maximum atomic E-state index is 13.7. The van der Waals surface area contributed by atoms with E-state index in [0.29, 0.717) is 21.7 Å². The Kier molecular flexibility index (Phi) is 5.90. The van der Waals surface area contributed by atoms with E-state index in [1.165, 1.54) is 19.2 Å². The summed E-state index contributed by atoms with van der Waals surface area (Å²) in [6.07, 6.45) is -3.22. The van der Waals surface area contributed by atoms with Crippen LogP contribution in [0.5, 0.6) is 17.2 Å². The molecule has 0 unspecified atom stereocenters. The van der Waals surface area contributed by atoms with Gasteiger partial charge in [-0.25, -0.2) is 9.50 Å². The first kappa shape index (κ1) is 24.0. The van der Waals surface area contributed by atoms with Crippen molar-refractivity contribution in [2.75, 3.05) is 12.4 Å². The maximum Gasteiger partial charge on any atom is 0.433 e. The van der Waals surface area contributed by atoms with Crippen molar-refractivity contribution in [2.45, 2.75) is 24.9 Å². The highest BCUT2D eigenvalue weighted by molar-refractivity contribution is 6.03. The third kappa shape index (κ3) is 5.15. The van der Waals surface area contributed by atoms with Gasteiger partial charge in [-0.05, 0) is 43.2 Å². The van der Waals surface area contributed by atoms with Gasteiger partial charge in [0.15, 0.2) is 11.3 Å². The van der Waals surface area contributed by atoms with Crippen LogP contribution in [0.3, 0.4) is 0 Å². The third-order valence-corrected chi connectivity index (χ3v) is 5.62. The number of benzene rings is 2. The second kappa shape index (κ2) is 9.08. The number of methoxy groups -OCH3 is 1. The number of nitro benzene ring substituents is 1. The number of rotatable bonds is 7. The summed E-state index contributed by atoms with van der Waals surface area (Å²) in [5.41, 5.74) is -1.58. The molecule has 37 heavy (non-hydrogen) atoms. The lowest BCUT2D eigenvalue weighted by molar-refractivity contribution is -0.384. The van der Waals surface area contributed by atoms with E-state index in [9.17, 15) is 28.1 Å². The normalized spacial score (nSPS) is 13.4. The van der Waals surface area contributed by atoms with Crippen LogP contribution in [0, 0.1) is 10.1 Å². The fraction of sp³-hybridized carbons (Fsp3) is 0.208. The van der Waals surface area contributed by atoms with E-state index < -0.39 is 22.7 Å². The average Bonchev–Trinajstić information content (AvgIpc) is 3.61. The van der Waals surface area contributed by atoms with Crippen LogP contribution in [0.2, 0.25) is 0 Å². The highest BCUT2D eigenvalue weighted by Gasteiger charge is 2.37. The summed E-state index contributed by atoms with van der Waals surface area (Å²) in [5, 5.41) is 17.7. The van der Waals surface area contributed by atoms with E-state index in [1.54, 1.807) is 24.3 Å². The molecule has 1 saturated carbocycles. The van der Waals surface area contributed by atoms with Gasteiger partial charge in [0, 0.05) is 29.8 Å². The molecule has 0 radical (unpaired) electrons. The van der Waals surface area contributed by atoms with Crippen LogP contribution in [0.1, 0.15) is 40.6 Å². The van der Waals surface area contributed by atoms with Crippen LogP contribution < -0.4 is 14.8 Å². The molecule has 13 heteroatoms. The van der Waals surface area contributed by atoms with Crippen molar-refractivity contribution in [1.29, 1.82) is 0 Å². The number of carbonyl (C=O) groups excluding carboxylic acids is 1. The number of carbonyl (C=O) groups is 1. The molecular weight excluding hydrogens is 495 g/mol. The molecule has 5 rings (SSSR count). The lowest BCUT2D eigenvalue weighted by Crippen LogP contribution is -2.16. The first-order valence-corrected chi connectivity index (χ1v) is 11.0. The van der Waals surface area contributed by atoms with Crippen LogP contribution in [0.15, 0.2) is 54.6 Å². The molecular formula is C24H18F3N5O5. The molecule has 1 aliphatic rings. The maximum absolute atomic E-state index is 13.7. The van der Waals surface area contributed by atoms with Gasteiger partial charge in [0.05, 0.1) is 23.8 Å². The highest BCUT2D eigenvalue weighted by atomic mass is 19.4. The van der Waals surface area contributed by atoms with Gasteiger partial charge in [0.1, 0.15) is 22.9 Å². The molecule has 0 bridgehead atoms. The molecule has 0 atom stereocenters. The Labute approximate surface area is 206 Å². The van der Waals surface area contributed by atoms with Crippen LogP contribution in [-0.2, 0) is 6.18 Å². The van der Waals surface area contributed by atoms with E-state index in [-0.39, 0.29) is 34.4 Å². The molecule has 0 aliphatic heterocycles. The Hall–Kier alpha value is -4.68. The van der Waals surface area contributed by atoms with Gasteiger partial charge in [0.2, 0.25) is 0 Å². The highest BCUT2D eigenvalue weighted by Crippen LogP contribution is 2.41. The average molecular weight is 513 g/mol. The number of amides is 1. The molecule has 2 aromatic carbocycles. The molecule has 1 fully saturated rings. The standard InChI is InChI=1S/C24H18F3N5O5/c1-36-16-4-6-17(7-5-16)37-18-9-14(8-15(10-18)32(34)35)28-23(33)20-12-22-29-19(13-2-3-13)11-21(24(25,26)27)31(22)30-20/h4-13H,2-3H2,1H3,(H,28,33). The van der Waals surface area contributed by atoms with Crippen molar-refractivity contribution in [3.8, 4) is 17.2 Å². The second-order valence-electron chi connectivity index (χ2n) is 8.34. The lowest BCUT2D eigenvalue weighted by atomic mass is 10.2. The zero-order valence-electron chi connectivity index (χ0n) is 19.2. The Morgan fingerprint density at radius 2 is 1.78 bits per heavy atom. The molecule has 1 amide bonds. The lowest BCUT2D eigenvalue weighted by Gasteiger charge is -2.10. The molecule has 4 aromatic rings. The van der Waals surface area contributed by atoms with Crippen LogP contribution >= 0.6 is 0 Å². The summed E-state index contributed by atoms with van der Waals surface area (Å²) in [6.45, 7) is 0. The Bertz CT molecular complexity index is 1510. The SMILES string of the molecule is COc1ccc(Oc2cc(NC(=O)c3cc4nc(C5CC5)cc(C(F)(F)F)n4n3)cc([N+](=O)[O-])c2)cc1. The van der Waals surface area contributed by atoms with Crippen molar-refractivity contribution in [3.05, 3.63) is 81.8 Å². The van der Waals surface area contributed by atoms with E-state index >= 15 is 0 Å². The number of fused-ring (bicyclic) bond motifs is 1. The monoisotopic (exact) mass is 513 g/mol. The fourth-order valence-electron chi connectivity index (χ4n) is 3.69. The van der Waals surface area contributed by atoms with Gasteiger partial charge in [-0.3, -0.25) is 14.9 Å². The minimum absolute atomic E-state index is 0.0116. The Balaban J connectivity index is 1.44. The van der Waals surface area contributed by atoms with Crippen LogP contribution in [0.4, 0.5) is 24.5 Å². The summed E-state index contributed by atoms with van der Waals surface area (Å²) >= 11 is 0. The van der Waals surface area contributed by atoms with E-state index in [4.69, 9.17) is 9.47 Å². The number of hydrogen-bond donors (Lipinski definition) is 1. The predicted molar refractivity (Wildman–Crippen MR) is 124 cm³/mol. The first-order chi connectivity index (χ1) is 17.6. The number of anilines is 1. The number of nitrogens with zero attached hydrogens (tertiary/aromatic N) is 4. The van der Waals surface area contributed by atoms with E-state index in [1.807, 2.05) is 0 Å². The largest absolute Gasteiger partial charge is 0.497 e. The summed E-state index contributed by atoms with van der Waals surface area (Å²) in [7, 11) is 1.50. The van der Waals surface area contributed by atoms with Gasteiger partial charge in [0.25, 0.3) is 11.6 Å². The fourth-order valence-corrected chi connectivity index (χ4v) is 3.69. The second-order valence-corrected chi connectivity index (χ2v) is 8.34. The number of non-ortho nitro benzene ring substituents is 1. The zero-order chi connectivity index (χ0) is 26.3. The molecule has 190 valence electrons. The molecule has 1 N–H and O–H groups in total. The van der Waals surface area contributed by atoms with Gasteiger partial charge in [-0.2, -0.15) is 18.3 Å². The van der Waals surface area contributed by atoms with Crippen molar-refractivity contribution >= 4 is 22.9 Å². The van der Waals surface area contributed by atoms with Crippen molar-refractivity contribution in [3.63, 3.8) is 0 Å². The number of hydrogen-bond acceptors (Lipinski definition) is 7. The van der Waals surface area contributed by atoms with Gasteiger partial charge < -0.3 is 14.8 Å². The summed E-state index contributed by atoms with van der Waals surface area (Å²) in [6, 6.07) is 12.2. The third-order valence-electron chi connectivity index (χ3n) is 5.62. The molecule has 1 aliphatic carbocycles. The quantitative estimate of drug-likeness (QED) is 0.253. The minimum Gasteiger partial charge on any atom is -0.497 e. The van der Waals surface area contributed by atoms with Crippen LogP contribution in [-0.4, -0.2) is 32.5 Å². The van der Waals surface area contributed by atoms with Crippen molar-refractivity contribution < 1.29 is 32.4 Å². The van der Waals surface area contributed by atoms with Gasteiger partial charge in [-0.15, -0.1) is 0 Å². The smallest absolute Gasteiger partial charge is 0.433 e. The topological polar surface area (TPSA) is 121 Å². The number of aromatic nitrogens is 3. The zero-order valence-corrected chi connectivity index (χ0v) is 19.2. The van der Waals surface area contributed by atoms with Crippen molar-refractivity contribution in [1.82, 2.24) is 14.6 Å². The molecule has 10 nitrogen and oxygen atoms in total. The van der Waals surface area contributed by atoms with E-state index in [2.05, 4.69) is 15.4 Å². The van der Waals surface area contributed by atoms with Gasteiger partial charge >= 0.3 is 6.18 Å². The minimum atomic E-state index is -4.71. The number of alkyl halides is 3. The first-order valence-electron chi connectivity index (χ1n) is 11.0. The summed E-state index contributed by atoms with van der Waals surface area (Å²) < 4.78 is 52.3. The summed E-state index contributed by atoms with van der Waals surface area (Å²) in [5.74, 6) is 0.0740.